The summed E-state index contributed by atoms with van der Waals surface area (Å²) < 4.78 is 46.1. The molecule has 0 aliphatic rings. The van der Waals surface area contributed by atoms with Gasteiger partial charge in [-0.15, -0.1) is 0 Å². The van der Waals surface area contributed by atoms with Gasteiger partial charge in [-0.3, -0.25) is 0 Å². The second-order valence-corrected chi connectivity index (χ2v) is 15.3. The number of hydrogen-bond donors (Lipinski definition) is 1. The first-order chi connectivity index (χ1) is 30.6. The SMILES string of the molecule is C=CC(=O)OCC(O)COC(COc1ccc2cc(-c3ccc(CCCCC)cc3OC)c(=O)oc2c1)COc1ccc2cc(-c3ccc(CCCCC)cc3OC)c(=O)oc2c1. The van der Waals surface area contributed by atoms with Crippen LogP contribution in [0.5, 0.6) is 23.0 Å². The number of unbranched alkanes of at least 4 members (excludes halogenated alkanes) is 4. The number of hydrogen-bond acceptors (Lipinski definition) is 12. The zero-order valence-corrected chi connectivity index (χ0v) is 36.4. The van der Waals surface area contributed by atoms with Crippen molar-refractivity contribution in [1.82, 2.24) is 0 Å². The van der Waals surface area contributed by atoms with Gasteiger partial charge in [-0.2, -0.15) is 0 Å². The highest BCUT2D eigenvalue weighted by Gasteiger charge is 2.19. The second-order valence-electron chi connectivity index (χ2n) is 15.3. The number of esters is 1. The van der Waals surface area contributed by atoms with Crippen molar-refractivity contribution in [3.63, 3.8) is 0 Å². The van der Waals surface area contributed by atoms with Crippen molar-refractivity contribution in [2.45, 2.75) is 77.4 Å². The quantitative estimate of drug-likeness (QED) is 0.0267. The summed E-state index contributed by atoms with van der Waals surface area (Å²) in [7, 11) is 3.18. The maximum Gasteiger partial charge on any atom is 0.344 e. The Labute approximate surface area is 367 Å². The molecule has 2 heterocycles. The molecule has 0 saturated heterocycles. The molecule has 0 aliphatic heterocycles. The number of fused-ring (bicyclic) bond motifs is 2. The molecule has 332 valence electrons. The Hall–Kier alpha value is -6.37. The lowest BCUT2D eigenvalue weighted by molar-refractivity contribution is -0.142. The molecule has 6 aromatic rings. The van der Waals surface area contributed by atoms with Crippen LogP contribution in [0, 0.1) is 0 Å². The van der Waals surface area contributed by atoms with Gasteiger partial charge < -0.3 is 42.4 Å². The van der Waals surface area contributed by atoms with Crippen LogP contribution in [0.4, 0.5) is 0 Å². The molecule has 12 nitrogen and oxygen atoms in total. The van der Waals surface area contributed by atoms with E-state index >= 15 is 0 Å². The van der Waals surface area contributed by atoms with Gasteiger partial charge in [0.05, 0.1) is 32.0 Å². The molecule has 0 aliphatic carbocycles. The van der Waals surface area contributed by atoms with E-state index in [0.717, 1.165) is 68.6 Å². The normalized spacial score (nSPS) is 11.8. The molecule has 0 radical (unpaired) electrons. The van der Waals surface area contributed by atoms with Gasteiger partial charge in [0, 0.05) is 40.1 Å². The van der Waals surface area contributed by atoms with E-state index in [1.807, 2.05) is 36.4 Å². The van der Waals surface area contributed by atoms with Crippen LogP contribution in [0.25, 0.3) is 44.2 Å². The van der Waals surface area contributed by atoms with Gasteiger partial charge in [0.15, 0.2) is 0 Å². The highest BCUT2D eigenvalue weighted by Crippen LogP contribution is 2.34. The zero-order chi connectivity index (χ0) is 44.7. The fraction of sp³-hybridized carbons (Fsp3) is 0.353. The highest BCUT2D eigenvalue weighted by molar-refractivity contribution is 5.85. The Balaban J connectivity index is 1.16. The van der Waals surface area contributed by atoms with Crippen molar-refractivity contribution in [3.05, 3.63) is 130 Å². The van der Waals surface area contributed by atoms with Crippen LogP contribution in [-0.2, 0) is 27.1 Å². The van der Waals surface area contributed by atoms with Crippen LogP contribution in [0.1, 0.15) is 63.5 Å². The van der Waals surface area contributed by atoms with E-state index < -0.39 is 29.4 Å². The molecule has 63 heavy (non-hydrogen) atoms. The largest absolute Gasteiger partial charge is 0.496 e. The van der Waals surface area contributed by atoms with E-state index in [1.54, 1.807) is 62.8 Å². The number of aryl methyl sites for hydroxylation is 2. The first kappa shape index (κ1) is 46.1. The third-order valence-electron chi connectivity index (χ3n) is 10.6. The first-order valence-electron chi connectivity index (χ1n) is 21.5. The summed E-state index contributed by atoms with van der Waals surface area (Å²) in [4.78, 5) is 38.2. The van der Waals surface area contributed by atoms with Crippen LogP contribution in [0.2, 0.25) is 0 Å². The average Bonchev–Trinajstić information content (AvgIpc) is 3.30. The summed E-state index contributed by atoms with van der Waals surface area (Å²) in [6, 6.07) is 25.6. The van der Waals surface area contributed by atoms with Crippen LogP contribution >= 0.6 is 0 Å². The van der Waals surface area contributed by atoms with Crippen LogP contribution in [-0.4, -0.2) is 63.9 Å². The molecule has 1 atom stereocenters. The van der Waals surface area contributed by atoms with Crippen molar-refractivity contribution in [1.29, 1.82) is 0 Å². The van der Waals surface area contributed by atoms with Gasteiger partial charge in [-0.25, -0.2) is 14.4 Å². The Bertz CT molecular complexity index is 2440. The molecular weight excluding hydrogens is 805 g/mol. The van der Waals surface area contributed by atoms with Crippen molar-refractivity contribution >= 4 is 27.9 Å². The third-order valence-corrected chi connectivity index (χ3v) is 10.6. The molecule has 0 amide bonds. The summed E-state index contributed by atoms with van der Waals surface area (Å²) in [6.45, 7) is 7.10. The van der Waals surface area contributed by atoms with Crippen molar-refractivity contribution < 1.29 is 47.2 Å². The summed E-state index contributed by atoms with van der Waals surface area (Å²) >= 11 is 0. The lowest BCUT2D eigenvalue weighted by Gasteiger charge is -2.21. The third kappa shape index (κ3) is 12.4. The second kappa shape index (κ2) is 22.6. The number of methoxy groups -OCH3 is 2. The number of aliphatic hydroxyl groups excluding tert-OH is 1. The molecule has 2 aromatic heterocycles. The minimum Gasteiger partial charge on any atom is -0.496 e. The Morgan fingerprint density at radius 2 is 1.13 bits per heavy atom. The number of aliphatic hydroxyl groups is 1. The molecule has 0 fully saturated rings. The molecule has 6 rings (SSSR count). The minimum atomic E-state index is -1.14. The van der Waals surface area contributed by atoms with E-state index in [4.69, 9.17) is 37.3 Å². The molecule has 0 bridgehead atoms. The van der Waals surface area contributed by atoms with Crippen LogP contribution in [0.15, 0.2) is 116 Å². The first-order valence-corrected chi connectivity index (χ1v) is 21.5. The molecule has 0 saturated carbocycles. The minimum absolute atomic E-state index is 0.0416. The predicted molar refractivity (Wildman–Crippen MR) is 243 cm³/mol. The summed E-state index contributed by atoms with van der Waals surface area (Å²) in [6.07, 6.45) is 7.68. The molecular formula is C51H56O12. The summed E-state index contributed by atoms with van der Waals surface area (Å²) in [5, 5.41) is 11.8. The lowest BCUT2D eigenvalue weighted by Crippen LogP contribution is -2.33. The number of carbonyl (C=O) groups is 1. The van der Waals surface area contributed by atoms with Crippen molar-refractivity contribution in [3.8, 4) is 45.3 Å². The van der Waals surface area contributed by atoms with Gasteiger partial charge in [0.25, 0.3) is 0 Å². The number of carbonyl (C=O) groups excluding carboxylic acids is 1. The van der Waals surface area contributed by atoms with Gasteiger partial charge >= 0.3 is 17.2 Å². The Kier molecular flexibility index (Phi) is 16.6. The van der Waals surface area contributed by atoms with Gasteiger partial charge in [0.1, 0.15) is 66.2 Å². The van der Waals surface area contributed by atoms with Gasteiger partial charge in [-0.1, -0.05) is 70.4 Å². The lowest BCUT2D eigenvalue weighted by atomic mass is 10.00. The fourth-order valence-electron chi connectivity index (χ4n) is 7.18. The maximum absolute atomic E-state index is 13.3. The number of rotatable bonds is 24. The molecule has 4 aromatic carbocycles. The average molecular weight is 861 g/mol. The number of benzene rings is 4. The Morgan fingerprint density at radius 1 is 0.635 bits per heavy atom. The molecule has 0 spiro atoms. The van der Waals surface area contributed by atoms with Gasteiger partial charge in [0.2, 0.25) is 0 Å². The summed E-state index contributed by atoms with van der Waals surface area (Å²) in [5.74, 6) is 1.32. The van der Waals surface area contributed by atoms with E-state index in [1.165, 1.54) is 0 Å². The van der Waals surface area contributed by atoms with Gasteiger partial charge in [-0.05, 0) is 85.3 Å². The Morgan fingerprint density at radius 3 is 1.57 bits per heavy atom. The monoisotopic (exact) mass is 860 g/mol. The molecule has 1 unspecified atom stereocenters. The van der Waals surface area contributed by atoms with E-state index in [-0.39, 0.29) is 26.4 Å². The van der Waals surface area contributed by atoms with E-state index in [9.17, 15) is 19.5 Å². The zero-order valence-electron chi connectivity index (χ0n) is 36.4. The van der Waals surface area contributed by atoms with Crippen molar-refractivity contribution in [2.24, 2.45) is 0 Å². The number of ether oxygens (including phenoxy) is 6. The van der Waals surface area contributed by atoms with E-state index in [0.29, 0.717) is 67.2 Å². The standard InChI is InChI=1S/C51H56O12/c1-6-9-11-13-33-15-21-41(47(23-33)56-4)43-25-35-17-19-38(27-45(35)62-50(43)54)59-31-40(58-29-37(52)30-61-49(53)8-3)32-60-39-20-18-36-26-44(51(55)63-46(36)28-39)42-22-16-34(14-12-10-7-2)24-48(42)57-5/h8,15-28,37,40,52H,3,6-7,9-14,29-32H2,1-2,4-5H3. The molecule has 1 N–H and O–H groups in total. The van der Waals surface area contributed by atoms with Crippen LogP contribution in [0.3, 0.4) is 0 Å². The van der Waals surface area contributed by atoms with E-state index in [2.05, 4.69) is 20.4 Å². The van der Waals surface area contributed by atoms with Crippen LogP contribution < -0.4 is 30.2 Å². The highest BCUT2D eigenvalue weighted by atomic mass is 16.6. The fourth-order valence-corrected chi connectivity index (χ4v) is 7.18. The molecule has 12 heteroatoms. The topological polar surface area (TPSA) is 153 Å². The smallest absolute Gasteiger partial charge is 0.344 e. The maximum atomic E-state index is 13.3. The summed E-state index contributed by atoms with van der Waals surface area (Å²) in [5.41, 5.74) is 3.94. The van der Waals surface area contributed by atoms with Crippen molar-refractivity contribution in [2.75, 3.05) is 40.6 Å². The predicted octanol–water partition coefficient (Wildman–Crippen LogP) is 9.65.